The van der Waals surface area contributed by atoms with Crippen LogP contribution in [0.3, 0.4) is 0 Å². The molecule has 1 heteroatoms. The van der Waals surface area contributed by atoms with E-state index in [-0.39, 0.29) is 16.9 Å². The van der Waals surface area contributed by atoms with Gasteiger partial charge in [-0.1, -0.05) is 146 Å². The molecule has 0 unspecified atom stereocenters. The largest absolute Gasteiger partial charge is 0.393 e. The summed E-state index contributed by atoms with van der Waals surface area (Å²) in [6.07, 6.45) is 35.5. The van der Waals surface area contributed by atoms with Gasteiger partial charge in [0.2, 0.25) is 0 Å². The van der Waals surface area contributed by atoms with Crippen molar-refractivity contribution < 1.29 is 5.11 Å². The summed E-state index contributed by atoms with van der Waals surface area (Å²) < 4.78 is 0. The smallest absolute Gasteiger partial charge is 0.0585 e. The zero-order chi connectivity index (χ0) is 30.6. The van der Waals surface area contributed by atoms with Crippen LogP contribution in [0.1, 0.15) is 101 Å². The van der Waals surface area contributed by atoms with E-state index in [1.165, 1.54) is 58.3 Å². The molecule has 1 N–H and O–H groups in total. The van der Waals surface area contributed by atoms with Gasteiger partial charge in [0.05, 0.1) is 6.10 Å². The fourth-order valence-corrected chi connectivity index (χ4v) is 5.96. The first kappa shape index (κ1) is 34.3. The highest BCUT2D eigenvalue weighted by Gasteiger charge is 2.31. The summed E-state index contributed by atoms with van der Waals surface area (Å²) in [6.45, 7) is 22.2. The zero-order valence-corrected chi connectivity index (χ0v) is 27.6. The second kappa shape index (κ2) is 15.9. The molecule has 2 aliphatic carbocycles. The van der Waals surface area contributed by atoms with Gasteiger partial charge >= 0.3 is 0 Å². The van der Waals surface area contributed by atoms with Gasteiger partial charge in [0.15, 0.2) is 0 Å². The summed E-state index contributed by atoms with van der Waals surface area (Å²) >= 11 is 0. The van der Waals surface area contributed by atoms with Crippen LogP contribution in [0.2, 0.25) is 0 Å². The molecule has 0 aromatic rings. The molecule has 0 spiro atoms. The third kappa shape index (κ3) is 11.9. The summed E-state index contributed by atoms with van der Waals surface area (Å²) in [5, 5.41) is 10.1. The molecular formula is C40H56O. The van der Waals surface area contributed by atoms with Gasteiger partial charge in [-0.2, -0.15) is 0 Å². The average molecular weight is 553 g/mol. The quantitative estimate of drug-likeness (QED) is 0.267. The van der Waals surface area contributed by atoms with Crippen molar-refractivity contribution in [3.63, 3.8) is 0 Å². The normalized spacial score (nSPS) is 23.5. The highest BCUT2D eigenvalue weighted by molar-refractivity contribution is 5.39. The SMILES string of the molecule is CC1=C(/C=C/C(C)=C/C=C/C(C)=C/C=C\C=C(C)/C=C/C=C(C)/C=C/C2=C(C)C[C@@H](O)CC2(C)C)C(C)(C)CCC1. The van der Waals surface area contributed by atoms with Crippen molar-refractivity contribution in [3.05, 3.63) is 130 Å². The van der Waals surface area contributed by atoms with Crippen LogP contribution >= 0.6 is 0 Å². The summed E-state index contributed by atoms with van der Waals surface area (Å²) in [7, 11) is 0. The monoisotopic (exact) mass is 552 g/mol. The zero-order valence-electron chi connectivity index (χ0n) is 27.6. The number of hydrogen-bond acceptors (Lipinski definition) is 1. The Morgan fingerprint density at radius 2 is 1.07 bits per heavy atom. The number of rotatable bonds is 10. The molecule has 0 amide bonds. The first-order valence-electron chi connectivity index (χ1n) is 15.4. The summed E-state index contributed by atoms with van der Waals surface area (Å²) in [5.41, 5.74) is 10.9. The van der Waals surface area contributed by atoms with E-state index in [1.807, 2.05) is 0 Å². The molecule has 2 rings (SSSR count). The van der Waals surface area contributed by atoms with Gasteiger partial charge in [0, 0.05) is 0 Å². The van der Waals surface area contributed by atoms with Crippen LogP contribution in [0.4, 0.5) is 0 Å². The van der Waals surface area contributed by atoms with Gasteiger partial charge in [-0.15, -0.1) is 0 Å². The van der Waals surface area contributed by atoms with Gasteiger partial charge in [0.25, 0.3) is 0 Å². The van der Waals surface area contributed by atoms with Crippen molar-refractivity contribution >= 4 is 0 Å². The Balaban J connectivity index is 1.90. The van der Waals surface area contributed by atoms with Crippen molar-refractivity contribution in [1.29, 1.82) is 0 Å². The first-order chi connectivity index (χ1) is 19.2. The van der Waals surface area contributed by atoms with E-state index in [9.17, 15) is 5.11 Å². The molecule has 0 radical (unpaired) electrons. The van der Waals surface area contributed by atoms with E-state index < -0.39 is 0 Å². The predicted octanol–water partition coefficient (Wildman–Crippen LogP) is 11.6. The van der Waals surface area contributed by atoms with E-state index in [1.54, 1.807) is 5.57 Å². The van der Waals surface area contributed by atoms with Crippen LogP contribution in [0.25, 0.3) is 0 Å². The van der Waals surface area contributed by atoms with E-state index in [2.05, 4.69) is 154 Å². The second-order valence-corrected chi connectivity index (χ2v) is 13.5. The highest BCUT2D eigenvalue weighted by atomic mass is 16.3. The molecule has 0 aliphatic heterocycles. The Morgan fingerprint density at radius 3 is 1.54 bits per heavy atom. The fourth-order valence-electron chi connectivity index (χ4n) is 5.96. The van der Waals surface area contributed by atoms with E-state index in [4.69, 9.17) is 0 Å². The lowest BCUT2D eigenvalue weighted by molar-refractivity contribution is 0.116. The number of hydrogen-bond donors (Lipinski definition) is 1. The van der Waals surface area contributed by atoms with E-state index >= 15 is 0 Å². The third-order valence-electron chi connectivity index (χ3n) is 8.31. The molecule has 1 atom stereocenters. The second-order valence-electron chi connectivity index (χ2n) is 13.5. The van der Waals surface area contributed by atoms with Crippen molar-refractivity contribution in [2.75, 3.05) is 0 Å². The Labute approximate surface area is 252 Å². The lowest BCUT2D eigenvalue weighted by Crippen LogP contribution is -2.28. The Hall–Kier alpha value is -2.90. The molecule has 2 aliphatic rings. The van der Waals surface area contributed by atoms with Gasteiger partial charge in [0.1, 0.15) is 0 Å². The first-order valence-corrected chi connectivity index (χ1v) is 15.4. The molecule has 0 fully saturated rings. The van der Waals surface area contributed by atoms with Crippen molar-refractivity contribution in [1.82, 2.24) is 0 Å². The van der Waals surface area contributed by atoms with Crippen LogP contribution < -0.4 is 0 Å². The molecule has 0 aromatic heterocycles. The molecule has 0 saturated heterocycles. The van der Waals surface area contributed by atoms with Gasteiger partial charge in [-0.05, 0) is 95.6 Å². The van der Waals surface area contributed by atoms with E-state index in [0.29, 0.717) is 0 Å². The van der Waals surface area contributed by atoms with Crippen LogP contribution in [0.15, 0.2) is 130 Å². The Kier molecular flexibility index (Phi) is 13.3. The maximum Gasteiger partial charge on any atom is 0.0585 e. The van der Waals surface area contributed by atoms with Crippen molar-refractivity contribution in [3.8, 4) is 0 Å². The minimum absolute atomic E-state index is 0.0128. The molecule has 0 bridgehead atoms. The minimum atomic E-state index is -0.220. The Bertz CT molecular complexity index is 1250. The summed E-state index contributed by atoms with van der Waals surface area (Å²) in [5.74, 6) is 0. The van der Waals surface area contributed by atoms with Crippen molar-refractivity contribution in [2.45, 2.75) is 107 Å². The van der Waals surface area contributed by atoms with Gasteiger partial charge < -0.3 is 5.11 Å². The maximum atomic E-state index is 10.1. The van der Waals surface area contributed by atoms with Crippen molar-refractivity contribution in [2.24, 2.45) is 10.8 Å². The molecular weight excluding hydrogens is 496 g/mol. The fraction of sp³-hybridized carbons (Fsp3) is 0.450. The minimum Gasteiger partial charge on any atom is -0.393 e. The van der Waals surface area contributed by atoms with Crippen LogP contribution in [0, 0.1) is 10.8 Å². The average Bonchev–Trinajstić information content (AvgIpc) is 2.84. The van der Waals surface area contributed by atoms with Gasteiger partial charge in [-0.3, -0.25) is 0 Å². The lowest BCUT2D eigenvalue weighted by Gasteiger charge is -2.35. The number of allylic oxidation sites excluding steroid dienone is 21. The van der Waals surface area contributed by atoms with E-state index in [0.717, 1.165) is 12.8 Å². The third-order valence-corrected chi connectivity index (χ3v) is 8.31. The molecule has 0 saturated carbocycles. The summed E-state index contributed by atoms with van der Waals surface area (Å²) in [6, 6.07) is 0. The molecule has 222 valence electrons. The number of aliphatic hydroxyl groups is 1. The van der Waals surface area contributed by atoms with Gasteiger partial charge in [-0.25, -0.2) is 0 Å². The summed E-state index contributed by atoms with van der Waals surface area (Å²) in [4.78, 5) is 0. The molecule has 0 heterocycles. The lowest BCUT2D eigenvalue weighted by atomic mass is 9.71. The Morgan fingerprint density at radius 1 is 0.634 bits per heavy atom. The van der Waals surface area contributed by atoms with Crippen LogP contribution in [0.5, 0.6) is 0 Å². The van der Waals surface area contributed by atoms with Crippen LogP contribution in [-0.2, 0) is 0 Å². The molecule has 0 aromatic carbocycles. The highest BCUT2D eigenvalue weighted by Crippen LogP contribution is 2.42. The van der Waals surface area contributed by atoms with Crippen LogP contribution in [-0.4, -0.2) is 11.2 Å². The standard InChI is InChI=1S/C40H56O/c1-30(18-13-20-32(3)23-25-37-34(5)22-15-27-39(37,7)8)16-11-12-17-31(2)19-14-21-33(4)24-26-38-35(6)28-36(41)29-40(38,9)10/h11-14,16-21,23-26,36,41H,15,22,27-29H2,1-10H3/b12-11-,18-13+,19-14+,25-23+,26-24+,30-16+,31-17-,32-20+,33-21+/t36-/m1/s1. The predicted molar refractivity (Wildman–Crippen MR) is 183 cm³/mol. The topological polar surface area (TPSA) is 20.2 Å². The molecule has 41 heavy (non-hydrogen) atoms. The number of aliphatic hydroxyl groups excluding tert-OH is 1. The molecule has 1 nitrogen and oxygen atoms in total. The maximum absolute atomic E-state index is 10.1.